The Morgan fingerprint density at radius 3 is 2.83 bits per heavy atom. The van der Waals surface area contributed by atoms with Crippen LogP contribution in [0.15, 0.2) is 24.5 Å². The number of nitrogens with one attached hydrogen (secondary N) is 1. The number of aromatic nitrogens is 6. The van der Waals surface area contributed by atoms with Gasteiger partial charge in [-0.3, -0.25) is 5.10 Å². The van der Waals surface area contributed by atoms with Crippen LogP contribution in [-0.4, -0.2) is 29.2 Å². The summed E-state index contributed by atoms with van der Waals surface area (Å²) in [5, 5.41) is 15.3. The van der Waals surface area contributed by atoms with E-state index in [1.807, 2.05) is 13.0 Å². The third kappa shape index (κ3) is 1.76. The number of nitrogens with zero attached hydrogens (tertiary/aromatic N) is 5. The number of H-pyrrole nitrogens is 1. The molecule has 92 valence electrons. The molecule has 0 atom stereocenters. The molecule has 0 saturated carbocycles. The lowest BCUT2D eigenvalue weighted by Gasteiger charge is -1.96. The summed E-state index contributed by atoms with van der Waals surface area (Å²) in [6.45, 7) is 1.92. The van der Waals surface area contributed by atoms with E-state index in [0.717, 1.165) is 17.0 Å². The molecule has 0 aliphatic heterocycles. The highest BCUT2D eigenvalue weighted by molar-refractivity contribution is 7.78. The van der Waals surface area contributed by atoms with Gasteiger partial charge >= 0.3 is 0 Å². The number of hydrogen-bond acceptors (Lipinski definition) is 5. The van der Waals surface area contributed by atoms with E-state index in [4.69, 9.17) is 5.73 Å². The molecule has 7 nitrogen and oxygen atoms in total. The zero-order chi connectivity index (χ0) is 12.7. The average Bonchev–Trinajstić information content (AvgIpc) is 2.99. The molecule has 0 spiro atoms. The zero-order valence-corrected chi connectivity index (χ0v) is 10.5. The van der Waals surface area contributed by atoms with Crippen LogP contribution >= 0.6 is 12.8 Å². The minimum atomic E-state index is 0.517. The molecule has 0 aliphatic carbocycles. The number of anilines is 1. The molecule has 3 aromatic heterocycles. The maximum absolute atomic E-state index is 5.93. The molecule has 0 radical (unpaired) electrons. The van der Waals surface area contributed by atoms with Crippen molar-refractivity contribution in [1.29, 1.82) is 0 Å². The highest BCUT2D eigenvalue weighted by atomic mass is 32.1. The van der Waals surface area contributed by atoms with Crippen molar-refractivity contribution in [3.63, 3.8) is 0 Å². The first-order chi connectivity index (χ1) is 8.63. The van der Waals surface area contributed by atoms with Crippen molar-refractivity contribution in [1.82, 2.24) is 29.2 Å². The number of hydrogen-bond donors (Lipinski definition) is 3. The van der Waals surface area contributed by atoms with Crippen molar-refractivity contribution >= 4 is 18.6 Å². The van der Waals surface area contributed by atoms with Crippen molar-refractivity contribution in [2.75, 3.05) is 5.73 Å². The largest absolute Gasteiger partial charge is 0.384 e. The summed E-state index contributed by atoms with van der Waals surface area (Å²) >= 11 is 4.08. The van der Waals surface area contributed by atoms with E-state index < -0.39 is 0 Å². The maximum atomic E-state index is 5.93. The number of aromatic amines is 1. The summed E-state index contributed by atoms with van der Waals surface area (Å²) < 4.78 is 3.00. The Kier molecular flexibility index (Phi) is 2.37. The molecule has 0 amide bonds. The Balaban J connectivity index is 2.06. The van der Waals surface area contributed by atoms with Crippen molar-refractivity contribution in [3.8, 4) is 17.1 Å². The van der Waals surface area contributed by atoms with E-state index in [9.17, 15) is 0 Å². The summed E-state index contributed by atoms with van der Waals surface area (Å²) in [6, 6.07) is 3.64. The van der Waals surface area contributed by atoms with E-state index in [2.05, 4.69) is 33.2 Å². The first-order valence-electron chi connectivity index (χ1n) is 5.26. The number of aryl methyl sites for hydroxylation is 1. The molecule has 0 fully saturated rings. The van der Waals surface area contributed by atoms with E-state index in [-0.39, 0.29) is 0 Å². The second-order valence-corrected chi connectivity index (χ2v) is 4.33. The van der Waals surface area contributed by atoms with Crippen LogP contribution in [0.3, 0.4) is 0 Å². The van der Waals surface area contributed by atoms with Gasteiger partial charge in [0.2, 0.25) is 0 Å². The van der Waals surface area contributed by atoms with E-state index in [1.165, 1.54) is 4.09 Å². The van der Waals surface area contributed by atoms with Crippen molar-refractivity contribution in [2.24, 2.45) is 0 Å². The molecule has 0 bridgehead atoms. The number of rotatable bonds is 2. The predicted molar refractivity (Wildman–Crippen MR) is 70.5 cm³/mol. The van der Waals surface area contributed by atoms with Gasteiger partial charge in [-0.25, -0.2) is 4.09 Å². The van der Waals surface area contributed by atoms with E-state index >= 15 is 0 Å². The molecular weight excluding hydrogens is 250 g/mol. The summed E-state index contributed by atoms with van der Waals surface area (Å²) in [6.07, 6.45) is 3.43. The van der Waals surface area contributed by atoms with Crippen molar-refractivity contribution < 1.29 is 0 Å². The molecule has 0 unspecified atom stereocenters. The van der Waals surface area contributed by atoms with Gasteiger partial charge < -0.3 is 5.73 Å². The summed E-state index contributed by atoms with van der Waals surface area (Å²) in [7, 11) is 0. The average molecular weight is 261 g/mol. The summed E-state index contributed by atoms with van der Waals surface area (Å²) in [5.74, 6) is 1.18. The highest BCUT2D eigenvalue weighted by Crippen LogP contribution is 2.22. The molecule has 0 aliphatic rings. The molecule has 3 rings (SSSR count). The van der Waals surface area contributed by atoms with Gasteiger partial charge in [-0.2, -0.15) is 20.0 Å². The normalized spacial score (nSPS) is 11.0. The molecular formula is C10H11N7S. The lowest BCUT2D eigenvalue weighted by atomic mass is 10.3. The minimum absolute atomic E-state index is 0.517. The van der Waals surface area contributed by atoms with Crippen LogP contribution < -0.4 is 5.73 Å². The van der Waals surface area contributed by atoms with Crippen molar-refractivity contribution in [3.05, 3.63) is 30.2 Å². The topological polar surface area (TPSA) is 90.3 Å². The van der Waals surface area contributed by atoms with Crippen LogP contribution in [0.5, 0.6) is 0 Å². The lowest BCUT2D eigenvalue weighted by Crippen LogP contribution is -2.01. The molecule has 8 heteroatoms. The maximum Gasteiger partial charge on any atom is 0.177 e. The van der Waals surface area contributed by atoms with Crippen LogP contribution in [0.2, 0.25) is 0 Å². The second-order valence-electron chi connectivity index (χ2n) is 3.92. The predicted octanol–water partition coefficient (Wildman–Crippen LogP) is 1.04. The van der Waals surface area contributed by atoms with Gasteiger partial charge in [-0.15, -0.1) is 0 Å². The molecule has 3 N–H and O–H groups in total. The Bertz CT molecular complexity index is 693. The first-order valence-corrected chi connectivity index (χ1v) is 5.66. The smallest absolute Gasteiger partial charge is 0.177 e. The van der Waals surface area contributed by atoms with Gasteiger partial charge in [0.15, 0.2) is 5.82 Å². The number of thiol groups is 1. The van der Waals surface area contributed by atoms with Crippen LogP contribution in [-0.2, 0) is 0 Å². The van der Waals surface area contributed by atoms with Crippen LogP contribution in [0.1, 0.15) is 5.69 Å². The fourth-order valence-electron chi connectivity index (χ4n) is 1.68. The highest BCUT2D eigenvalue weighted by Gasteiger charge is 2.11. The standard InChI is InChI=1S/C10H11N7S/c1-6-2-10(14-13-6)17-9(11)3-8(15-17)7-4-12-16(18)5-7/h2-5,18H,11H2,1H3,(H,13,14). The Morgan fingerprint density at radius 2 is 2.22 bits per heavy atom. The van der Waals surface area contributed by atoms with Gasteiger partial charge in [0.25, 0.3) is 0 Å². The molecule has 3 heterocycles. The van der Waals surface area contributed by atoms with Crippen molar-refractivity contribution in [2.45, 2.75) is 6.92 Å². The quantitative estimate of drug-likeness (QED) is 0.601. The third-order valence-corrected chi connectivity index (χ3v) is 2.73. The van der Waals surface area contributed by atoms with E-state index in [1.54, 1.807) is 23.1 Å². The molecule has 3 aromatic rings. The monoisotopic (exact) mass is 261 g/mol. The van der Waals surface area contributed by atoms with Gasteiger partial charge in [0.05, 0.1) is 11.9 Å². The SMILES string of the molecule is Cc1cc(-n2nc(-c3cnn(S)c3)cc2N)n[nH]1. The molecule has 18 heavy (non-hydrogen) atoms. The minimum Gasteiger partial charge on any atom is -0.384 e. The summed E-state index contributed by atoms with van der Waals surface area (Å²) in [4.78, 5) is 0. The van der Waals surface area contributed by atoms with Crippen LogP contribution in [0, 0.1) is 6.92 Å². The van der Waals surface area contributed by atoms with Gasteiger partial charge in [-0.1, -0.05) is 0 Å². The molecule has 0 aromatic carbocycles. The summed E-state index contributed by atoms with van der Waals surface area (Å²) in [5.41, 5.74) is 8.46. The Morgan fingerprint density at radius 1 is 1.39 bits per heavy atom. The lowest BCUT2D eigenvalue weighted by molar-refractivity contribution is 0.847. The fourth-order valence-corrected chi connectivity index (χ4v) is 1.85. The second kappa shape index (κ2) is 3.91. The van der Waals surface area contributed by atoms with Crippen LogP contribution in [0.4, 0.5) is 5.82 Å². The Hall–Kier alpha value is -2.22. The molecule has 0 saturated heterocycles. The third-order valence-electron chi connectivity index (χ3n) is 2.51. The van der Waals surface area contributed by atoms with Crippen LogP contribution in [0.25, 0.3) is 17.1 Å². The van der Waals surface area contributed by atoms with E-state index in [0.29, 0.717) is 11.6 Å². The van der Waals surface area contributed by atoms with Gasteiger partial charge in [-0.05, 0) is 19.7 Å². The zero-order valence-electron chi connectivity index (χ0n) is 9.57. The fraction of sp³-hybridized carbons (Fsp3) is 0.100. The Labute approximate surface area is 108 Å². The van der Waals surface area contributed by atoms with Gasteiger partial charge in [0.1, 0.15) is 5.82 Å². The number of nitrogen functional groups attached to an aromatic ring is 1. The number of nitrogens with two attached hydrogens (primary N) is 1. The first kappa shape index (κ1) is 10.9. The van der Waals surface area contributed by atoms with Gasteiger partial charge in [0, 0.05) is 29.6 Å².